The third kappa shape index (κ3) is 65.9. The van der Waals surface area contributed by atoms with Crippen molar-refractivity contribution in [3.05, 3.63) is 0 Å². The van der Waals surface area contributed by atoms with Crippen molar-refractivity contribution in [3.63, 3.8) is 0 Å². The van der Waals surface area contributed by atoms with Crippen LogP contribution < -0.4 is 5.32 Å². The van der Waals surface area contributed by atoms with Crippen LogP contribution >= 0.6 is 0 Å². The van der Waals surface area contributed by atoms with Crippen molar-refractivity contribution in [2.24, 2.45) is 0 Å². The molecular formula is C73H145NO5. The van der Waals surface area contributed by atoms with Gasteiger partial charge in [-0.2, -0.15) is 0 Å². The van der Waals surface area contributed by atoms with Gasteiger partial charge in [-0.1, -0.05) is 393 Å². The Kier molecular flexibility index (Phi) is 68.4. The molecule has 0 aliphatic carbocycles. The number of amides is 1. The Morgan fingerprint density at radius 1 is 0.304 bits per heavy atom. The maximum Gasteiger partial charge on any atom is 0.305 e. The molecule has 0 aromatic rings. The molecule has 0 spiro atoms. The van der Waals surface area contributed by atoms with Gasteiger partial charge < -0.3 is 20.3 Å². The summed E-state index contributed by atoms with van der Waals surface area (Å²) < 4.78 is 5.50. The Hall–Kier alpha value is -1.14. The van der Waals surface area contributed by atoms with Gasteiger partial charge in [0, 0.05) is 12.8 Å². The van der Waals surface area contributed by atoms with Gasteiger partial charge in [0.2, 0.25) is 5.91 Å². The van der Waals surface area contributed by atoms with Crippen molar-refractivity contribution in [1.82, 2.24) is 5.32 Å². The van der Waals surface area contributed by atoms with Gasteiger partial charge in [0.1, 0.15) is 0 Å². The number of hydrogen-bond donors (Lipinski definition) is 3. The van der Waals surface area contributed by atoms with Crippen LogP contribution in [0.25, 0.3) is 0 Å². The van der Waals surface area contributed by atoms with E-state index < -0.39 is 12.1 Å². The number of aliphatic hydroxyl groups is 2. The molecule has 2 atom stereocenters. The SMILES string of the molecule is CCCCCCCCCCCCCCCCCCCCCCC(O)C(CO)NC(=O)CCCCCCCCCCCCCCCCCCCCCCCCCCCCCOC(=O)CCCCCCCCCCCCCCCCC. The van der Waals surface area contributed by atoms with Crippen molar-refractivity contribution in [3.8, 4) is 0 Å². The van der Waals surface area contributed by atoms with Gasteiger partial charge in [0.15, 0.2) is 0 Å². The number of ether oxygens (including phenoxy) is 1. The van der Waals surface area contributed by atoms with Gasteiger partial charge in [-0.15, -0.1) is 0 Å². The lowest BCUT2D eigenvalue weighted by Crippen LogP contribution is -2.45. The van der Waals surface area contributed by atoms with Crippen LogP contribution in [0.1, 0.15) is 431 Å². The van der Waals surface area contributed by atoms with Crippen LogP contribution in [0.4, 0.5) is 0 Å². The Balaban J connectivity index is 3.33. The summed E-state index contributed by atoms with van der Waals surface area (Å²) in [5, 5.41) is 23.4. The van der Waals surface area contributed by atoms with Crippen LogP contribution in [0, 0.1) is 0 Å². The van der Waals surface area contributed by atoms with Crippen LogP contribution in [0.5, 0.6) is 0 Å². The Morgan fingerprint density at radius 2 is 0.519 bits per heavy atom. The average molecular weight is 1120 g/mol. The number of aliphatic hydroxyl groups excluding tert-OH is 2. The summed E-state index contributed by atoms with van der Waals surface area (Å²) in [6.07, 6.45) is 84.5. The zero-order valence-corrected chi connectivity index (χ0v) is 54.2. The molecule has 0 aliphatic heterocycles. The maximum absolute atomic E-state index is 12.5. The van der Waals surface area contributed by atoms with Gasteiger partial charge >= 0.3 is 5.97 Å². The quantitative estimate of drug-likeness (QED) is 0.0417. The van der Waals surface area contributed by atoms with Gasteiger partial charge in [0.25, 0.3) is 0 Å². The normalized spacial score (nSPS) is 12.4. The molecule has 0 aromatic heterocycles. The summed E-state index contributed by atoms with van der Waals surface area (Å²) in [6.45, 7) is 5.01. The number of hydrogen-bond acceptors (Lipinski definition) is 5. The second-order valence-corrected chi connectivity index (χ2v) is 25.6. The molecule has 0 bridgehead atoms. The summed E-state index contributed by atoms with van der Waals surface area (Å²) in [7, 11) is 0. The molecule has 0 fully saturated rings. The third-order valence-electron chi connectivity index (χ3n) is 17.7. The molecule has 79 heavy (non-hydrogen) atoms. The van der Waals surface area contributed by atoms with Gasteiger partial charge in [0.05, 0.1) is 25.4 Å². The van der Waals surface area contributed by atoms with E-state index in [1.807, 2.05) is 0 Å². The van der Waals surface area contributed by atoms with Crippen LogP contribution in [0.2, 0.25) is 0 Å². The number of esters is 1. The molecule has 0 rings (SSSR count). The number of nitrogens with one attached hydrogen (secondary N) is 1. The molecule has 1 amide bonds. The first-order valence-electron chi connectivity index (χ1n) is 36.8. The van der Waals surface area contributed by atoms with E-state index in [1.54, 1.807) is 0 Å². The van der Waals surface area contributed by atoms with Crippen molar-refractivity contribution in [2.75, 3.05) is 13.2 Å². The zero-order chi connectivity index (χ0) is 57.1. The third-order valence-corrected chi connectivity index (χ3v) is 17.7. The molecule has 0 aromatic carbocycles. The van der Waals surface area contributed by atoms with Crippen LogP contribution in [-0.2, 0) is 14.3 Å². The second-order valence-electron chi connectivity index (χ2n) is 25.6. The molecule has 0 saturated carbocycles. The summed E-state index contributed by atoms with van der Waals surface area (Å²) in [5.41, 5.74) is 0. The van der Waals surface area contributed by atoms with Crippen molar-refractivity contribution < 1.29 is 24.5 Å². The minimum Gasteiger partial charge on any atom is -0.466 e. The van der Waals surface area contributed by atoms with Gasteiger partial charge in [-0.3, -0.25) is 9.59 Å². The zero-order valence-electron chi connectivity index (χ0n) is 54.2. The van der Waals surface area contributed by atoms with E-state index in [1.165, 1.54) is 360 Å². The molecule has 0 radical (unpaired) electrons. The minimum absolute atomic E-state index is 0.0225. The predicted octanol–water partition coefficient (Wildman–Crippen LogP) is 23.8. The number of carbonyl (C=O) groups is 2. The number of carbonyl (C=O) groups excluding carboxylic acids is 2. The van der Waals surface area contributed by atoms with E-state index in [9.17, 15) is 19.8 Å². The molecule has 3 N–H and O–H groups in total. The lowest BCUT2D eigenvalue weighted by atomic mass is 10.0. The molecule has 2 unspecified atom stereocenters. The summed E-state index contributed by atoms with van der Waals surface area (Å²) in [4.78, 5) is 24.6. The average Bonchev–Trinajstić information content (AvgIpc) is 3.45. The lowest BCUT2D eigenvalue weighted by Gasteiger charge is -2.22. The first-order valence-corrected chi connectivity index (χ1v) is 36.8. The highest BCUT2D eigenvalue weighted by molar-refractivity contribution is 5.76. The fraction of sp³-hybridized carbons (Fsp3) is 0.973. The van der Waals surface area contributed by atoms with Crippen molar-refractivity contribution >= 4 is 11.9 Å². The molecule has 6 heteroatoms. The molecule has 0 aliphatic rings. The molecule has 6 nitrogen and oxygen atoms in total. The molecule has 0 saturated heterocycles. The summed E-state index contributed by atoms with van der Waals surface area (Å²) in [6, 6.07) is -0.539. The van der Waals surface area contributed by atoms with Crippen molar-refractivity contribution in [1.29, 1.82) is 0 Å². The molecular weight excluding hydrogens is 971 g/mol. The Morgan fingerprint density at radius 3 is 0.772 bits per heavy atom. The van der Waals surface area contributed by atoms with E-state index >= 15 is 0 Å². The first kappa shape index (κ1) is 77.9. The Bertz CT molecular complexity index is 1150. The first-order chi connectivity index (χ1) is 39.0. The lowest BCUT2D eigenvalue weighted by molar-refractivity contribution is -0.143. The second kappa shape index (κ2) is 69.4. The van der Waals surface area contributed by atoms with Crippen LogP contribution in [-0.4, -0.2) is 47.4 Å². The largest absolute Gasteiger partial charge is 0.466 e. The highest BCUT2D eigenvalue weighted by Crippen LogP contribution is 2.20. The van der Waals surface area contributed by atoms with E-state index in [0.29, 0.717) is 25.9 Å². The van der Waals surface area contributed by atoms with E-state index in [2.05, 4.69) is 19.2 Å². The van der Waals surface area contributed by atoms with E-state index in [0.717, 1.165) is 38.5 Å². The Labute approximate surface area is 496 Å². The minimum atomic E-state index is -0.662. The monoisotopic (exact) mass is 1120 g/mol. The highest BCUT2D eigenvalue weighted by atomic mass is 16.5. The number of rotatable bonds is 70. The van der Waals surface area contributed by atoms with Crippen molar-refractivity contribution in [2.45, 2.75) is 443 Å². The van der Waals surface area contributed by atoms with Gasteiger partial charge in [-0.05, 0) is 25.7 Å². The standard InChI is InChI=1S/C73H145NO5/c1-3-5-7-9-11-13-15-17-19-20-21-31-34-38-41-45-49-53-57-61-65-71(76)70(69-75)74-72(77)66-62-58-54-50-46-42-39-35-32-29-27-25-23-22-24-26-28-30-33-36-40-44-48-52-56-60-64-68-79-73(78)67-63-59-55-51-47-43-37-18-16-14-12-10-8-6-4-2/h70-71,75-76H,3-69H2,1-2H3,(H,74,77). The maximum atomic E-state index is 12.5. The predicted molar refractivity (Wildman–Crippen MR) is 347 cm³/mol. The van der Waals surface area contributed by atoms with Crippen LogP contribution in [0.3, 0.4) is 0 Å². The smallest absolute Gasteiger partial charge is 0.305 e. The summed E-state index contributed by atoms with van der Waals surface area (Å²) >= 11 is 0. The van der Waals surface area contributed by atoms with Crippen LogP contribution in [0.15, 0.2) is 0 Å². The number of unbranched alkanes of at least 4 members (excludes halogenated alkanes) is 59. The topological polar surface area (TPSA) is 95.9 Å². The fourth-order valence-electron chi connectivity index (χ4n) is 12.1. The molecule has 0 heterocycles. The molecule has 472 valence electrons. The fourth-order valence-corrected chi connectivity index (χ4v) is 12.1. The van der Waals surface area contributed by atoms with E-state index in [-0.39, 0.29) is 18.5 Å². The van der Waals surface area contributed by atoms with E-state index in [4.69, 9.17) is 4.74 Å². The van der Waals surface area contributed by atoms with Gasteiger partial charge in [-0.25, -0.2) is 0 Å². The highest BCUT2D eigenvalue weighted by Gasteiger charge is 2.20. The summed E-state index contributed by atoms with van der Waals surface area (Å²) in [5.74, 6) is -0.00429.